The average Bonchev–Trinajstić information content (AvgIpc) is 3.21. The first kappa shape index (κ1) is 23.7. The number of anilines is 1. The summed E-state index contributed by atoms with van der Waals surface area (Å²) in [6.07, 6.45) is 3.13. The first-order valence-corrected chi connectivity index (χ1v) is 11.5. The van der Waals surface area contributed by atoms with E-state index >= 15 is 0 Å². The van der Waals surface area contributed by atoms with Gasteiger partial charge < -0.3 is 20.1 Å². The third-order valence-electron chi connectivity index (χ3n) is 5.82. The Morgan fingerprint density at radius 1 is 1.09 bits per heavy atom. The molecule has 178 valence electrons. The van der Waals surface area contributed by atoms with Crippen LogP contribution in [-0.2, 0) is 17.9 Å². The Morgan fingerprint density at radius 2 is 1.82 bits per heavy atom. The Hall–Kier alpha value is -3.46. The average molecular weight is 482 g/mol. The smallest absolute Gasteiger partial charge is 0.272 e. The van der Waals surface area contributed by atoms with E-state index in [1.165, 1.54) is 6.20 Å². The first-order valence-electron chi connectivity index (χ1n) is 11.1. The van der Waals surface area contributed by atoms with E-state index in [2.05, 4.69) is 25.2 Å². The van der Waals surface area contributed by atoms with Crippen LogP contribution in [0.1, 0.15) is 37.0 Å². The molecular weight excluding hydrogens is 454 g/mol. The van der Waals surface area contributed by atoms with Crippen molar-refractivity contribution in [2.45, 2.75) is 39.9 Å². The molecule has 2 aromatic heterocycles. The molecule has 1 atom stereocenters. The van der Waals surface area contributed by atoms with Gasteiger partial charge in [-0.3, -0.25) is 14.6 Å². The second-order valence-electron chi connectivity index (χ2n) is 9.26. The molecule has 9 nitrogen and oxygen atoms in total. The maximum absolute atomic E-state index is 13.5. The van der Waals surface area contributed by atoms with Gasteiger partial charge in [0.25, 0.3) is 5.91 Å². The van der Waals surface area contributed by atoms with Crippen LogP contribution >= 0.6 is 11.6 Å². The number of halogens is 1. The monoisotopic (exact) mass is 481 g/mol. The number of nitrogens with zero attached hydrogens (tertiary/aromatic N) is 5. The minimum Gasteiger partial charge on any atom is -0.357 e. The lowest BCUT2D eigenvalue weighted by molar-refractivity contribution is -0.124. The van der Waals surface area contributed by atoms with Crippen molar-refractivity contribution in [2.75, 3.05) is 18.5 Å². The van der Waals surface area contributed by atoms with Crippen LogP contribution in [0.2, 0.25) is 5.15 Å². The van der Waals surface area contributed by atoms with Crippen molar-refractivity contribution in [3.63, 3.8) is 0 Å². The fraction of sp³-hybridized carbons (Fsp3) is 0.375. The number of likely N-dealkylation sites (N-methyl/N-ethyl adjacent to an activating group) is 1. The third kappa shape index (κ3) is 4.75. The summed E-state index contributed by atoms with van der Waals surface area (Å²) in [5.74, 6) is 0.692. The molecule has 3 heterocycles. The maximum atomic E-state index is 13.5. The normalized spacial score (nSPS) is 14.3. The van der Waals surface area contributed by atoms with E-state index in [4.69, 9.17) is 16.6 Å². The topological polar surface area (TPSA) is 105 Å². The quantitative estimate of drug-likeness (QED) is 0.580. The third-order valence-corrected chi connectivity index (χ3v) is 6.00. The van der Waals surface area contributed by atoms with Gasteiger partial charge >= 0.3 is 0 Å². The van der Waals surface area contributed by atoms with Gasteiger partial charge in [-0.1, -0.05) is 62.7 Å². The van der Waals surface area contributed by atoms with Gasteiger partial charge in [-0.25, -0.2) is 9.97 Å². The number of benzene rings is 1. The molecule has 0 spiro atoms. The SMILES string of the molecule is CNC(=O)C(NC(=O)c1nc(-c2ccccc2)n2c1CN(c1cncc(Cl)n1)CC2)C(C)(C)C. The first-order chi connectivity index (χ1) is 16.2. The summed E-state index contributed by atoms with van der Waals surface area (Å²) in [4.78, 5) is 41.3. The van der Waals surface area contributed by atoms with E-state index in [1.54, 1.807) is 13.2 Å². The van der Waals surface area contributed by atoms with Crippen LogP contribution in [0.3, 0.4) is 0 Å². The van der Waals surface area contributed by atoms with Gasteiger partial charge in [0.05, 0.1) is 24.6 Å². The van der Waals surface area contributed by atoms with Crippen LogP contribution < -0.4 is 15.5 Å². The summed E-state index contributed by atoms with van der Waals surface area (Å²) in [6, 6.07) is 9.03. The van der Waals surface area contributed by atoms with E-state index in [1.807, 2.05) is 56.0 Å². The van der Waals surface area contributed by atoms with Crippen molar-refractivity contribution in [3.05, 3.63) is 59.3 Å². The molecule has 10 heteroatoms. The molecular formula is C24H28ClN7O2. The van der Waals surface area contributed by atoms with Crippen LogP contribution in [0.25, 0.3) is 11.4 Å². The number of rotatable bonds is 5. The van der Waals surface area contributed by atoms with Crippen molar-refractivity contribution in [1.82, 2.24) is 30.2 Å². The van der Waals surface area contributed by atoms with Crippen LogP contribution in [0.4, 0.5) is 5.82 Å². The highest BCUT2D eigenvalue weighted by molar-refractivity contribution is 6.29. The number of hydrogen-bond acceptors (Lipinski definition) is 6. The van der Waals surface area contributed by atoms with E-state index in [0.717, 1.165) is 11.3 Å². The fourth-order valence-corrected chi connectivity index (χ4v) is 4.20. The molecule has 34 heavy (non-hydrogen) atoms. The Balaban J connectivity index is 1.74. The summed E-state index contributed by atoms with van der Waals surface area (Å²) >= 11 is 6.05. The van der Waals surface area contributed by atoms with Crippen LogP contribution in [0.5, 0.6) is 0 Å². The van der Waals surface area contributed by atoms with Gasteiger partial charge in [0.15, 0.2) is 5.69 Å². The van der Waals surface area contributed by atoms with E-state index < -0.39 is 17.4 Å². The summed E-state index contributed by atoms with van der Waals surface area (Å²) in [5, 5.41) is 5.85. The van der Waals surface area contributed by atoms with E-state index in [-0.39, 0.29) is 11.6 Å². The van der Waals surface area contributed by atoms with E-state index in [0.29, 0.717) is 36.4 Å². The Bertz CT molecular complexity index is 1200. The van der Waals surface area contributed by atoms with Crippen molar-refractivity contribution >= 4 is 29.2 Å². The Labute approximate surface area is 203 Å². The largest absolute Gasteiger partial charge is 0.357 e. The molecule has 0 bridgehead atoms. The second-order valence-corrected chi connectivity index (χ2v) is 9.64. The molecule has 1 unspecified atom stereocenters. The predicted molar refractivity (Wildman–Crippen MR) is 131 cm³/mol. The number of imidazole rings is 1. The Morgan fingerprint density at radius 3 is 2.47 bits per heavy atom. The fourth-order valence-electron chi connectivity index (χ4n) is 4.06. The number of aromatic nitrogens is 4. The number of hydrogen-bond donors (Lipinski definition) is 2. The zero-order chi connectivity index (χ0) is 24.5. The summed E-state index contributed by atoms with van der Waals surface area (Å²) < 4.78 is 2.06. The molecule has 3 aromatic rings. The van der Waals surface area contributed by atoms with Gasteiger partial charge in [-0.15, -0.1) is 0 Å². The summed E-state index contributed by atoms with van der Waals surface area (Å²) in [7, 11) is 1.56. The standard InChI is InChI=1S/C24H28ClN7O2/c1-24(2,3)20(23(34)26-4)30-22(33)19-16-14-31(18-13-27-12-17(25)28-18)10-11-32(16)21(29-19)15-8-6-5-7-9-15/h5-9,12-13,20H,10-11,14H2,1-4H3,(H,26,34)(H,30,33). The van der Waals surface area contributed by atoms with Crippen molar-refractivity contribution in [2.24, 2.45) is 5.41 Å². The molecule has 0 saturated heterocycles. The summed E-state index contributed by atoms with van der Waals surface area (Å²) in [5.41, 5.74) is 1.46. The molecule has 1 aliphatic rings. The number of fused-ring (bicyclic) bond motifs is 1. The van der Waals surface area contributed by atoms with Crippen molar-refractivity contribution in [1.29, 1.82) is 0 Å². The van der Waals surface area contributed by atoms with Gasteiger partial charge in [0, 0.05) is 25.7 Å². The van der Waals surface area contributed by atoms with Gasteiger partial charge in [0.1, 0.15) is 22.8 Å². The number of carbonyl (C=O) groups excluding carboxylic acids is 2. The minimum absolute atomic E-state index is 0.256. The molecule has 1 aromatic carbocycles. The lowest BCUT2D eigenvalue weighted by Gasteiger charge is -2.31. The van der Waals surface area contributed by atoms with Crippen LogP contribution in [0.15, 0.2) is 42.7 Å². The predicted octanol–water partition coefficient (Wildman–Crippen LogP) is 2.90. The van der Waals surface area contributed by atoms with Crippen LogP contribution in [0, 0.1) is 5.41 Å². The number of amides is 2. The molecule has 0 fully saturated rings. The van der Waals surface area contributed by atoms with E-state index in [9.17, 15) is 9.59 Å². The Kier molecular flexibility index (Phi) is 6.56. The van der Waals surface area contributed by atoms with Crippen LogP contribution in [-0.4, -0.2) is 51.0 Å². The van der Waals surface area contributed by atoms with Gasteiger partial charge in [-0.2, -0.15) is 0 Å². The summed E-state index contributed by atoms with van der Waals surface area (Å²) in [6.45, 7) is 7.38. The lowest BCUT2D eigenvalue weighted by Crippen LogP contribution is -2.53. The zero-order valence-electron chi connectivity index (χ0n) is 19.7. The molecule has 1 aliphatic heterocycles. The molecule has 2 N–H and O–H groups in total. The molecule has 2 amide bonds. The minimum atomic E-state index is -0.721. The van der Waals surface area contributed by atoms with Crippen molar-refractivity contribution < 1.29 is 9.59 Å². The second kappa shape index (κ2) is 9.42. The zero-order valence-corrected chi connectivity index (χ0v) is 20.4. The lowest BCUT2D eigenvalue weighted by atomic mass is 9.86. The van der Waals surface area contributed by atoms with Gasteiger partial charge in [-0.05, 0) is 5.41 Å². The molecule has 0 saturated carbocycles. The molecule has 0 radical (unpaired) electrons. The number of carbonyl (C=O) groups is 2. The maximum Gasteiger partial charge on any atom is 0.272 e. The van der Waals surface area contributed by atoms with Crippen molar-refractivity contribution in [3.8, 4) is 11.4 Å². The highest BCUT2D eigenvalue weighted by Crippen LogP contribution is 2.29. The molecule has 4 rings (SSSR count). The highest BCUT2D eigenvalue weighted by Gasteiger charge is 2.35. The molecule has 0 aliphatic carbocycles. The van der Waals surface area contributed by atoms with Gasteiger partial charge in [0.2, 0.25) is 5.91 Å². The highest BCUT2D eigenvalue weighted by atomic mass is 35.5. The number of nitrogens with one attached hydrogen (secondary N) is 2.